The van der Waals surface area contributed by atoms with Crippen LogP contribution in [0.3, 0.4) is 0 Å². The van der Waals surface area contributed by atoms with Crippen molar-refractivity contribution in [1.29, 1.82) is 0 Å². The first-order chi connectivity index (χ1) is 15.5. The van der Waals surface area contributed by atoms with Crippen molar-refractivity contribution in [2.75, 3.05) is 0 Å². The number of ether oxygens (including phenoxy) is 1. The molecule has 2 radical (unpaired) electrons. The van der Waals surface area contributed by atoms with Gasteiger partial charge in [0.25, 0.3) is 0 Å². The van der Waals surface area contributed by atoms with Gasteiger partial charge >= 0.3 is 8.05 Å². The number of benzene rings is 4. The van der Waals surface area contributed by atoms with Gasteiger partial charge in [0.15, 0.2) is 11.6 Å². The van der Waals surface area contributed by atoms with Crippen LogP contribution in [0.2, 0.25) is 0 Å². The fraction of sp³-hybridized carbons (Fsp3) is 0.0370. The predicted molar refractivity (Wildman–Crippen MR) is 124 cm³/mol. The largest absolute Gasteiger partial charge is 0.568 e. The topological polar surface area (TPSA) is 52.6 Å². The Morgan fingerprint density at radius 3 is 1.19 bits per heavy atom. The molecule has 32 heavy (non-hydrogen) atoms. The van der Waals surface area contributed by atoms with Crippen LogP contribution >= 0.6 is 0 Å². The summed E-state index contributed by atoms with van der Waals surface area (Å²) >= 11 is 0. The zero-order valence-corrected chi connectivity index (χ0v) is 17.4. The van der Waals surface area contributed by atoms with Gasteiger partial charge in [0.2, 0.25) is 0 Å². The lowest BCUT2D eigenvalue weighted by Crippen LogP contribution is -2.01. The van der Waals surface area contributed by atoms with Crippen LogP contribution in [0.1, 0.15) is 37.4 Å². The van der Waals surface area contributed by atoms with E-state index >= 15 is 0 Å². The minimum absolute atomic E-state index is 0.0366. The first kappa shape index (κ1) is 21.1. The number of hydrogen-bond acceptors (Lipinski definition) is 4. The van der Waals surface area contributed by atoms with Crippen molar-refractivity contribution in [3.8, 4) is 17.2 Å². The minimum Gasteiger partial charge on any atom is -0.568 e. The van der Waals surface area contributed by atoms with Gasteiger partial charge < -0.3 is 9.39 Å². The highest BCUT2D eigenvalue weighted by atomic mass is 16.5. The highest BCUT2D eigenvalue weighted by Gasteiger charge is 2.11. The maximum absolute atomic E-state index is 12.6. The summed E-state index contributed by atoms with van der Waals surface area (Å²) in [6.07, 6.45) is 0. The summed E-state index contributed by atoms with van der Waals surface area (Å²) in [5.74, 6) is 1.52. The number of carbonyl (C=O) groups is 2. The monoisotopic (exact) mass is 418 g/mol. The summed E-state index contributed by atoms with van der Waals surface area (Å²) in [7, 11) is 5.11. The Hall–Kier alpha value is -4.12. The van der Waals surface area contributed by atoms with E-state index in [0.717, 1.165) is 5.56 Å². The molecule has 0 aliphatic carbocycles. The van der Waals surface area contributed by atoms with Gasteiger partial charge in [-0.2, -0.15) is 0 Å². The molecule has 0 saturated carbocycles. The van der Waals surface area contributed by atoms with Gasteiger partial charge in [-0.05, 0) is 79.7 Å². The van der Waals surface area contributed by atoms with Gasteiger partial charge in [0.1, 0.15) is 11.5 Å². The van der Waals surface area contributed by atoms with Crippen molar-refractivity contribution in [3.63, 3.8) is 0 Å². The van der Waals surface area contributed by atoms with Crippen molar-refractivity contribution in [1.82, 2.24) is 0 Å². The molecule has 0 unspecified atom stereocenters. The summed E-state index contributed by atoms with van der Waals surface area (Å²) < 4.78 is 10.5. The molecule has 4 rings (SSSR count). The molecular formula is C27H19BO4. The third-order valence-corrected chi connectivity index (χ3v) is 5.04. The second kappa shape index (κ2) is 9.35. The maximum atomic E-state index is 12.6. The van der Waals surface area contributed by atoms with Gasteiger partial charge in [-0.15, -0.1) is 0 Å². The third-order valence-electron chi connectivity index (χ3n) is 5.04. The molecule has 0 saturated heterocycles. The molecule has 0 heterocycles. The number of carbonyl (C=O) groups excluding carboxylic acids is 2. The smallest absolute Gasteiger partial charge is 0.374 e. The summed E-state index contributed by atoms with van der Waals surface area (Å²) in [5.41, 5.74) is 3.42. The Kier molecular flexibility index (Phi) is 6.18. The van der Waals surface area contributed by atoms with Gasteiger partial charge in [-0.3, -0.25) is 9.59 Å². The van der Waals surface area contributed by atoms with Crippen LogP contribution in [-0.2, 0) is 0 Å². The van der Waals surface area contributed by atoms with Crippen LogP contribution in [-0.4, -0.2) is 19.6 Å². The Bertz CT molecular complexity index is 1230. The van der Waals surface area contributed by atoms with E-state index in [1.807, 2.05) is 31.2 Å². The number of ketones is 2. The maximum Gasteiger partial charge on any atom is 0.374 e. The number of rotatable bonds is 7. The normalized spacial score (nSPS) is 10.4. The zero-order valence-electron chi connectivity index (χ0n) is 17.4. The van der Waals surface area contributed by atoms with Crippen molar-refractivity contribution in [2.24, 2.45) is 0 Å². The molecule has 0 bridgehead atoms. The van der Waals surface area contributed by atoms with Crippen molar-refractivity contribution < 1.29 is 19.0 Å². The van der Waals surface area contributed by atoms with Crippen molar-refractivity contribution >= 4 is 19.6 Å². The van der Waals surface area contributed by atoms with Crippen LogP contribution in [0.4, 0.5) is 0 Å². The standard InChI is InChI=1S/C27H19BO4/c1-18-2-4-19(5-3-18)26(29)20-6-12-23(13-7-20)31-24-14-8-21(9-15-24)27(30)22-10-16-25(32-28)17-11-22/h2-17H,1H3. The zero-order chi connectivity index (χ0) is 22.5. The summed E-state index contributed by atoms with van der Waals surface area (Å²) in [4.78, 5) is 25.2. The van der Waals surface area contributed by atoms with E-state index in [4.69, 9.17) is 12.8 Å². The predicted octanol–water partition coefficient (Wildman–Crippen LogP) is 5.71. The Balaban J connectivity index is 1.42. The van der Waals surface area contributed by atoms with Crippen LogP contribution < -0.4 is 9.39 Å². The van der Waals surface area contributed by atoms with E-state index in [0.29, 0.717) is 39.5 Å². The van der Waals surface area contributed by atoms with Crippen LogP contribution in [0.25, 0.3) is 0 Å². The fourth-order valence-electron chi connectivity index (χ4n) is 3.21. The van der Waals surface area contributed by atoms with E-state index in [-0.39, 0.29) is 11.6 Å². The van der Waals surface area contributed by atoms with E-state index < -0.39 is 0 Å². The van der Waals surface area contributed by atoms with Crippen molar-refractivity contribution in [3.05, 3.63) is 125 Å². The quantitative estimate of drug-likeness (QED) is 0.285. The lowest BCUT2D eigenvalue weighted by molar-refractivity contribution is 0.103. The number of aryl methyl sites for hydroxylation is 1. The molecule has 4 nitrogen and oxygen atoms in total. The molecular weight excluding hydrogens is 399 g/mol. The molecule has 4 aromatic carbocycles. The molecule has 0 amide bonds. The van der Waals surface area contributed by atoms with E-state index in [1.54, 1.807) is 72.8 Å². The van der Waals surface area contributed by atoms with Crippen LogP contribution in [0.5, 0.6) is 17.2 Å². The van der Waals surface area contributed by atoms with Gasteiger partial charge in [-0.1, -0.05) is 29.8 Å². The number of hydrogen-bond donors (Lipinski definition) is 0. The summed E-state index contributed by atoms with van der Waals surface area (Å²) in [6.45, 7) is 1.98. The Morgan fingerprint density at radius 1 is 0.531 bits per heavy atom. The second-order valence-electron chi connectivity index (χ2n) is 7.32. The van der Waals surface area contributed by atoms with E-state index in [1.165, 1.54) is 0 Å². The van der Waals surface area contributed by atoms with Crippen molar-refractivity contribution in [2.45, 2.75) is 6.92 Å². The minimum atomic E-state index is -0.112. The molecule has 4 aromatic rings. The first-order valence-electron chi connectivity index (χ1n) is 10.0. The summed E-state index contributed by atoms with van der Waals surface area (Å²) in [5, 5.41) is 0. The van der Waals surface area contributed by atoms with Gasteiger partial charge in [0, 0.05) is 22.3 Å². The molecule has 0 atom stereocenters. The second-order valence-corrected chi connectivity index (χ2v) is 7.32. The van der Waals surface area contributed by atoms with Gasteiger partial charge in [0.05, 0.1) is 5.75 Å². The average Bonchev–Trinajstić information content (AvgIpc) is 2.85. The average molecular weight is 418 g/mol. The van der Waals surface area contributed by atoms with Crippen LogP contribution in [0.15, 0.2) is 97.1 Å². The fourth-order valence-corrected chi connectivity index (χ4v) is 3.21. The molecule has 0 spiro atoms. The molecule has 0 aliphatic heterocycles. The highest BCUT2D eigenvalue weighted by Crippen LogP contribution is 2.24. The SMILES string of the molecule is [B]Oc1ccc(C(=O)c2ccc(Oc3ccc(C(=O)c4ccc(C)cc4)cc3)cc2)cc1. The Labute approximate surface area is 187 Å². The molecule has 0 N–H and O–H groups in total. The third kappa shape index (κ3) is 4.78. The molecule has 0 fully saturated rings. The van der Waals surface area contributed by atoms with E-state index in [2.05, 4.69) is 4.65 Å². The van der Waals surface area contributed by atoms with E-state index in [9.17, 15) is 9.59 Å². The lowest BCUT2D eigenvalue weighted by Gasteiger charge is -2.08. The Morgan fingerprint density at radius 2 is 0.844 bits per heavy atom. The molecule has 154 valence electrons. The summed E-state index contributed by atoms with van der Waals surface area (Å²) in [6, 6.07) is 27.9. The lowest BCUT2D eigenvalue weighted by atomic mass is 10.0. The molecule has 0 aromatic heterocycles. The van der Waals surface area contributed by atoms with Gasteiger partial charge in [-0.25, -0.2) is 0 Å². The molecule has 5 heteroatoms. The van der Waals surface area contributed by atoms with Crippen LogP contribution in [0, 0.1) is 6.92 Å². The first-order valence-corrected chi connectivity index (χ1v) is 10.0. The highest BCUT2D eigenvalue weighted by molar-refractivity contribution is 6.09. The molecule has 0 aliphatic rings.